The molecule has 0 spiro atoms. The number of hydrogen-bond acceptors (Lipinski definition) is 3. The molecule has 0 radical (unpaired) electrons. The van der Waals surface area contributed by atoms with E-state index in [1.807, 2.05) is 4.90 Å². The van der Waals surface area contributed by atoms with Crippen molar-refractivity contribution in [2.45, 2.75) is 64.1 Å². The fourth-order valence-electron chi connectivity index (χ4n) is 3.14. The van der Waals surface area contributed by atoms with Gasteiger partial charge in [0.05, 0.1) is 6.10 Å². The number of ether oxygens (including phenoxy) is 1. The molecule has 0 aromatic carbocycles. The molecule has 2 aliphatic rings. The molecular weight excluding hydrogens is 228 g/mol. The molecule has 0 aromatic rings. The zero-order valence-corrected chi connectivity index (χ0v) is 11.7. The average molecular weight is 254 g/mol. The van der Waals surface area contributed by atoms with E-state index in [1.54, 1.807) is 0 Å². The van der Waals surface area contributed by atoms with Gasteiger partial charge in [-0.25, -0.2) is 0 Å². The number of rotatable bonds is 3. The van der Waals surface area contributed by atoms with Crippen molar-refractivity contribution in [3.05, 3.63) is 0 Å². The Bertz CT molecular complexity index is 267. The minimum absolute atomic E-state index is 0.174. The summed E-state index contributed by atoms with van der Waals surface area (Å²) >= 11 is 0. The van der Waals surface area contributed by atoms with Crippen molar-refractivity contribution in [1.29, 1.82) is 0 Å². The molecule has 1 amide bonds. The molecule has 0 saturated carbocycles. The van der Waals surface area contributed by atoms with E-state index in [2.05, 4.69) is 19.2 Å². The monoisotopic (exact) mass is 254 g/mol. The fourth-order valence-corrected chi connectivity index (χ4v) is 3.14. The largest absolute Gasteiger partial charge is 0.368 e. The fraction of sp³-hybridized carbons (Fsp3) is 0.929. The molecule has 2 fully saturated rings. The van der Waals surface area contributed by atoms with E-state index in [-0.39, 0.29) is 18.6 Å². The van der Waals surface area contributed by atoms with Crippen LogP contribution in [0.5, 0.6) is 0 Å². The number of nitrogens with one attached hydrogen (secondary N) is 1. The summed E-state index contributed by atoms with van der Waals surface area (Å²) in [6.45, 7) is 6.58. The molecule has 2 atom stereocenters. The third kappa shape index (κ3) is 3.45. The van der Waals surface area contributed by atoms with Crippen molar-refractivity contribution >= 4 is 5.91 Å². The number of hydrogen-bond donors (Lipinski definition) is 1. The Balaban J connectivity index is 1.79. The molecule has 104 valence electrons. The molecule has 1 N–H and O–H groups in total. The van der Waals surface area contributed by atoms with E-state index in [9.17, 15) is 4.79 Å². The van der Waals surface area contributed by atoms with Gasteiger partial charge < -0.3 is 15.0 Å². The third-order valence-corrected chi connectivity index (χ3v) is 4.21. The van der Waals surface area contributed by atoms with Gasteiger partial charge in [-0.3, -0.25) is 4.79 Å². The maximum atomic E-state index is 12.2. The van der Waals surface area contributed by atoms with Crippen molar-refractivity contribution in [3.8, 4) is 0 Å². The van der Waals surface area contributed by atoms with Crippen LogP contribution in [0.1, 0.15) is 46.0 Å². The van der Waals surface area contributed by atoms with Gasteiger partial charge >= 0.3 is 0 Å². The minimum atomic E-state index is 0.174. The molecule has 2 aliphatic heterocycles. The second-order valence-corrected chi connectivity index (χ2v) is 5.69. The molecule has 0 aliphatic carbocycles. The van der Waals surface area contributed by atoms with Gasteiger partial charge in [0.15, 0.2) is 0 Å². The summed E-state index contributed by atoms with van der Waals surface area (Å²) in [6.07, 6.45) is 5.82. The van der Waals surface area contributed by atoms with E-state index in [0.717, 1.165) is 38.8 Å². The van der Waals surface area contributed by atoms with Crippen molar-refractivity contribution in [3.63, 3.8) is 0 Å². The minimum Gasteiger partial charge on any atom is -0.368 e. The molecule has 18 heavy (non-hydrogen) atoms. The highest BCUT2D eigenvalue weighted by Gasteiger charge is 2.29. The lowest BCUT2D eigenvalue weighted by Gasteiger charge is -2.39. The predicted octanol–water partition coefficient (Wildman–Crippen LogP) is 1.54. The summed E-state index contributed by atoms with van der Waals surface area (Å²) in [5.41, 5.74) is 0. The molecule has 0 bridgehead atoms. The Kier molecular flexibility index (Phi) is 5.01. The van der Waals surface area contributed by atoms with Gasteiger partial charge in [0.2, 0.25) is 5.91 Å². The lowest BCUT2D eigenvalue weighted by atomic mass is 9.97. The van der Waals surface area contributed by atoms with Crippen molar-refractivity contribution in [2.24, 2.45) is 0 Å². The highest BCUT2D eigenvalue weighted by Crippen LogP contribution is 2.22. The van der Waals surface area contributed by atoms with Crippen LogP contribution in [0.4, 0.5) is 0 Å². The van der Waals surface area contributed by atoms with Gasteiger partial charge in [0.1, 0.15) is 6.61 Å². The van der Waals surface area contributed by atoms with Gasteiger partial charge in [-0.2, -0.15) is 0 Å². The molecule has 0 unspecified atom stereocenters. The molecular formula is C14H26N2O2. The Morgan fingerprint density at radius 2 is 1.78 bits per heavy atom. The maximum absolute atomic E-state index is 12.2. The Labute approximate surface area is 110 Å². The number of piperidine rings is 2. The summed E-state index contributed by atoms with van der Waals surface area (Å²) < 4.78 is 5.76. The standard InChI is InChI=1S/C14H26N2O2/c1-11-4-3-5-12(2)16(11)14(17)10-18-13-6-8-15-9-7-13/h11-13,15H,3-10H2,1-2H3/t11-,12+. The molecule has 2 saturated heterocycles. The number of likely N-dealkylation sites (tertiary alicyclic amines) is 1. The van der Waals surface area contributed by atoms with Crippen LogP contribution in [-0.4, -0.2) is 48.7 Å². The molecule has 4 heteroatoms. The van der Waals surface area contributed by atoms with Crippen molar-refractivity contribution in [1.82, 2.24) is 10.2 Å². The SMILES string of the molecule is C[C@@H]1CCC[C@H](C)N1C(=O)COC1CCNCC1. The summed E-state index contributed by atoms with van der Waals surface area (Å²) in [5.74, 6) is 0.174. The Morgan fingerprint density at radius 1 is 1.17 bits per heavy atom. The maximum Gasteiger partial charge on any atom is 0.249 e. The third-order valence-electron chi connectivity index (χ3n) is 4.21. The van der Waals surface area contributed by atoms with E-state index >= 15 is 0 Å². The summed E-state index contributed by atoms with van der Waals surface area (Å²) in [7, 11) is 0. The smallest absolute Gasteiger partial charge is 0.249 e. The summed E-state index contributed by atoms with van der Waals surface area (Å²) in [5, 5.41) is 3.30. The lowest BCUT2D eigenvalue weighted by Crippen LogP contribution is -2.49. The van der Waals surface area contributed by atoms with E-state index in [0.29, 0.717) is 12.1 Å². The van der Waals surface area contributed by atoms with Gasteiger partial charge in [-0.15, -0.1) is 0 Å². The summed E-state index contributed by atoms with van der Waals surface area (Å²) in [4.78, 5) is 14.3. The molecule has 4 nitrogen and oxygen atoms in total. The first kappa shape index (κ1) is 13.8. The first-order chi connectivity index (χ1) is 8.68. The Hall–Kier alpha value is -0.610. The molecule has 2 rings (SSSR count). The zero-order chi connectivity index (χ0) is 13.0. The van der Waals surface area contributed by atoms with Crippen LogP contribution in [0.2, 0.25) is 0 Å². The van der Waals surface area contributed by atoms with Gasteiger partial charge in [-0.1, -0.05) is 0 Å². The highest BCUT2D eigenvalue weighted by atomic mass is 16.5. The number of carbonyl (C=O) groups excluding carboxylic acids is 1. The van der Waals surface area contributed by atoms with E-state index in [1.165, 1.54) is 6.42 Å². The zero-order valence-electron chi connectivity index (χ0n) is 11.7. The van der Waals surface area contributed by atoms with Gasteiger partial charge in [0.25, 0.3) is 0 Å². The first-order valence-electron chi connectivity index (χ1n) is 7.32. The molecule has 2 heterocycles. The summed E-state index contributed by atoms with van der Waals surface area (Å²) in [6, 6.07) is 0.746. The van der Waals surface area contributed by atoms with Crippen LogP contribution in [0.15, 0.2) is 0 Å². The van der Waals surface area contributed by atoms with Crippen LogP contribution in [0, 0.1) is 0 Å². The number of carbonyl (C=O) groups is 1. The first-order valence-corrected chi connectivity index (χ1v) is 7.32. The molecule has 0 aromatic heterocycles. The normalized spacial score (nSPS) is 30.4. The van der Waals surface area contributed by atoms with Crippen LogP contribution < -0.4 is 5.32 Å². The second-order valence-electron chi connectivity index (χ2n) is 5.69. The van der Waals surface area contributed by atoms with E-state index in [4.69, 9.17) is 4.74 Å². The average Bonchev–Trinajstić information content (AvgIpc) is 2.37. The van der Waals surface area contributed by atoms with Crippen molar-refractivity contribution in [2.75, 3.05) is 19.7 Å². The van der Waals surface area contributed by atoms with Gasteiger partial charge in [-0.05, 0) is 59.0 Å². The van der Waals surface area contributed by atoms with Crippen LogP contribution in [0.3, 0.4) is 0 Å². The predicted molar refractivity (Wildman–Crippen MR) is 71.5 cm³/mol. The van der Waals surface area contributed by atoms with Gasteiger partial charge in [0, 0.05) is 12.1 Å². The Morgan fingerprint density at radius 3 is 2.39 bits per heavy atom. The topological polar surface area (TPSA) is 41.6 Å². The van der Waals surface area contributed by atoms with Crippen LogP contribution in [0.25, 0.3) is 0 Å². The van der Waals surface area contributed by atoms with Crippen molar-refractivity contribution < 1.29 is 9.53 Å². The van der Waals surface area contributed by atoms with Crippen LogP contribution >= 0.6 is 0 Å². The second kappa shape index (κ2) is 6.53. The lowest BCUT2D eigenvalue weighted by molar-refractivity contribution is -0.144. The van der Waals surface area contributed by atoms with Crippen LogP contribution in [-0.2, 0) is 9.53 Å². The quantitative estimate of drug-likeness (QED) is 0.831. The number of nitrogens with zero attached hydrogens (tertiary/aromatic N) is 1. The number of amides is 1. The highest BCUT2D eigenvalue weighted by molar-refractivity contribution is 5.78. The van der Waals surface area contributed by atoms with E-state index < -0.39 is 0 Å².